The Balaban J connectivity index is 1.56. The number of piperazine rings is 1. The summed E-state index contributed by atoms with van der Waals surface area (Å²) >= 11 is 0. The van der Waals surface area contributed by atoms with Gasteiger partial charge in [0.25, 0.3) is 0 Å². The Morgan fingerprint density at radius 3 is 2.88 bits per heavy atom. The van der Waals surface area contributed by atoms with Crippen molar-refractivity contribution >= 4 is 5.91 Å². The van der Waals surface area contributed by atoms with E-state index in [0.29, 0.717) is 17.9 Å². The van der Waals surface area contributed by atoms with Crippen LogP contribution in [0.1, 0.15) is 39.0 Å². The second-order valence-electron chi connectivity index (χ2n) is 6.28. The molecule has 3 rings (SSSR count). The van der Waals surface area contributed by atoms with Crippen LogP contribution < -0.4 is 5.32 Å². The van der Waals surface area contributed by atoms with Gasteiger partial charge in [0.2, 0.25) is 5.91 Å². The number of fused-ring (bicyclic) bond motifs is 2. The highest BCUT2D eigenvalue weighted by atomic mass is 16.2. The standard InChI is InChI=1S/C14H24N2O/c1-10-9-15-4-5-16(10)14(17)8-13-7-11-2-3-12(13)6-11/h10-13,15H,2-9H2,1H3/t10-,11?,12?,13?/m0/s1. The summed E-state index contributed by atoms with van der Waals surface area (Å²) in [5, 5.41) is 3.35. The average molecular weight is 236 g/mol. The number of amides is 1. The van der Waals surface area contributed by atoms with Crippen molar-refractivity contribution in [3.05, 3.63) is 0 Å². The zero-order valence-corrected chi connectivity index (χ0v) is 10.8. The van der Waals surface area contributed by atoms with Crippen molar-refractivity contribution in [3.8, 4) is 0 Å². The third-order valence-corrected chi connectivity index (χ3v) is 5.14. The van der Waals surface area contributed by atoms with Crippen LogP contribution in [0.5, 0.6) is 0 Å². The monoisotopic (exact) mass is 236 g/mol. The fraction of sp³-hybridized carbons (Fsp3) is 0.929. The van der Waals surface area contributed by atoms with Crippen LogP contribution in [0.4, 0.5) is 0 Å². The fourth-order valence-electron chi connectivity index (χ4n) is 4.18. The summed E-state index contributed by atoms with van der Waals surface area (Å²) in [6.45, 7) is 4.99. The predicted molar refractivity (Wildman–Crippen MR) is 67.6 cm³/mol. The molecule has 3 fully saturated rings. The lowest BCUT2D eigenvalue weighted by molar-refractivity contribution is -0.135. The summed E-state index contributed by atoms with van der Waals surface area (Å²) in [4.78, 5) is 14.4. The largest absolute Gasteiger partial charge is 0.337 e. The first-order valence-electron chi connectivity index (χ1n) is 7.24. The topological polar surface area (TPSA) is 32.3 Å². The van der Waals surface area contributed by atoms with E-state index in [2.05, 4.69) is 17.1 Å². The third kappa shape index (κ3) is 2.22. The molecule has 0 aromatic rings. The first-order valence-corrected chi connectivity index (χ1v) is 7.24. The summed E-state index contributed by atoms with van der Waals surface area (Å²) in [7, 11) is 0. The summed E-state index contributed by atoms with van der Waals surface area (Å²) in [6, 6.07) is 0.384. The molecule has 3 unspecified atom stereocenters. The first kappa shape index (κ1) is 11.5. The number of hydrogen-bond acceptors (Lipinski definition) is 2. The Hall–Kier alpha value is -0.570. The van der Waals surface area contributed by atoms with E-state index in [1.807, 2.05) is 0 Å². The van der Waals surface area contributed by atoms with Crippen molar-refractivity contribution in [1.29, 1.82) is 0 Å². The van der Waals surface area contributed by atoms with Crippen molar-refractivity contribution in [3.63, 3.8) is 0 Å². The number of nitrogens with zero attached hydrogens (tertiary/aromatic N) is 1. The molecule has 0 aromatic heterocycles. The maximum Gasteiger partial charge on any atom is 0.223 e. The average Bonchev–Trinajstić information content (AvgIpc) is 2.91. The maximum absolute atomic E-state index is 12.3. The molecule has 96 valence electrons. The van der Waals surface area contributed by atoms with Gasteiger partial charge in [0.1, 0.15) is 0 Å². The SMILES string of the molecule is C[C@H]1CNCCN1C(=O)CC1CC2CCC1C2. The third-order valence-electron chi connectivity index (χ3n) is 5.14. The summed E-state index contributed by atoms with van der Waals surface area (Å²) < 4.78 is 0. The van der Waals surface area contributed by atoms with E-state index in [0.717, 1.165) is 37.9 Å². The molecule has 3 aliphatic rings. The van der Waals surface area contributed by atoms with Gasteiger partial charge in [-0.1, -0.05) is 6.42 Å². The zero-order chi connectivity index (χ0) is 11.8. The number of hydrogen-bond donors (Lipinski definition) is 1. The molecule has 0 radical (unpaired) electrons. The Labute approximate surface area is 104 Å². The Morgan fingerprint density at radius 2 is 2.24 bits per heavy atom. The minimum absolute atomic E-state index is 0.384. The molecule has 1 saturated heterocycles. The van der Waals surface area contributed by atoms with E-state index < -0.39 is 0 Å². The van der Waals surface area contributed by atoms with Gasteiger partial charge in [-0.15, -0.1) is 0 Å². The Morgan fingerprint density at radius 1 is 1.35 bits per heavy atom. The number of nitrogens with one attached hydrogen (secondary N) is 1. The second-order valence-corrected chi connectivity index (χ2v) is 6.28. The Bertz CT molecular complexity index is 305. The van der Waals surface area contributed by atoms with Crippen LogP contribution >= 0.6 is 0 Å². The van der Waals surface area contributed by atoms with Gasteiger partial charge in [-0.05, 0) is 43.9 Å². The molecule has 2 saturated carbocycles. The summed E-state index contributed by atoms with van der Waals surface area (Å²) in [5.41, 5.74) is 0. The molecule has 2 aliphatic carbocycles. The second kappa shape index (κ2) is 4.60. The van der Waals surface area contributed by atoms with Gasteiger partial charge in [0.05, 0.1) is 0 Å². The molecule has 1 heterocycles. The number of rotatable bonds is 2. The van der Waals surface area contributed by atoms with E-state index in [4.69, 9.17) is 0 Å². The van der Waals surface area contributed by atoms with Crippen molar-refractivity contribution in [2.45, 2.75) is 45.1 Å². The molecule has 0 spiro atoms. The van der Waals surface area contributed by atoms with Crippen LogP contribution in [0.2, 0.25) is 0 Å². The lowest BCUT2D eigenvalue weighted by Gasteiger charge is -2.35. The molecule has 1 aliphatic heterocycles. The Kier molecular flexibility index (Phi) is 3.12. The number of carbonyl (C=O) groups is 1. The highest BCUT2D eigenvalue weighted by Gasteiger charge is 2.41. The van der Waals surface area contributed by atoms with E-state index in [-0.39, 0.29) is 0 Å². The van der Waals surface area contributed by atoms with Crippen molar-refractivity contribution < 1.29 is 4.79 Å². The summed E-state index contributed by atoms with van der Waals surface area (Å²) in [6.07, 6.45) is 6.39. The predicted octanol–water partition coefficient (Wildman–Crippen LogP) is 1.63. The molecular weight excluding hydrogens is 212 g/mol. The fourth-order valence-corrected chi connectivity index (χ4v) is 4.18. The van der Waals surface area contributed by atoms with Crippen molar-refractivity contribution in [2.75, 3.05) is 19.6 Å². The van der Waals surface area contributed by atoms with E-state index in [9.17, 15) is 4.79 Å². The van der Waals surface area contributed by atoms with Crippen LogP contribution in [0.15, 0.2) is 0 Å². The highest BCUT2D eigenvalue weighted by molar-refractivity contribution is 5.77. The minimum Gasteiger partial charge on any atom is -0.337 e. The van der Waals surface area contributed by atoms with Crippen LogP contribution in [0.3, 0.4) is 0 Å². The number of carbonyl (C=O) groups excluding carboxylic acids is 1. The molecule has 1 amide bonds. The lowest BCUT2D eigenvalue weighted by atomic mass is 9.86. The quantitative estimate of drug-likeness (QED) is 0.790. The summed E-state index contributed by atoms with van der Waals surface area (Å²) in [5.74, 6) is 2.96. The zero-order valence-electron chi connectivity index (χ0n) is 10.8. The lowest BCUT2D eigenvalue weighted by Crippen LogP contribution is -2.52. The smallest absolute Gasteiger partial charge is 0.223 e. The van der Waals surface area contributed by atoms with Gasteiger partial charge in [0.15, 0.2) is 0 Å². The molecule has 17 heavy (non-hydrogen) atoms. The van der Waals surface area contributed by atoms with Crippen LogP contribution in [-0.4, -0.2) is 36.5 Å². The maximum atomic E-state index is 12.3. The molecule has 3 nitrogen and oxygen atoms in total. The molecule has 4 atom stereocenters. The van der Waals surface area contributed by atoms with Gasteiger partial charge >= 0.3 is 0 Å². The molecule has 2 bridgehead atoms. The minimum atomic E-state index is 0.384. The van der Waals surface area contributed by atoms with Gasteiger partial charge in [-0.25, -0.2) is 0 Å². The molecule has 0 aromatic carbocycles. The van der Waals surface area contributed by atoms with E-state index >= 15 is 0 Å². The van der Waals surface area contributed by atoms with E-state index in [1.54, 1.807) is 0 Å². The van der Waals surface area contributed by atoms with Gasteiger partial charge in [-0.3, -0.25) is 4.79 Å². The van der Waals surface area contributed by atoms with Crippen molar-refractivity contribution in [1.82, 2.24) is 10.2 Å². The van der Waals surface area contributed by atoms with Crippen LogP contribution in [0, 0.1) is 17.8 Å². The molecule has 1 N–H and O–H groups in total. The normalized spacial score (nSPS) is 40.9. The van der Waals surface area contributed by atoms with Crippen molar-refractivity contribution in [2.24, 2.45) is 17.8 Å². The van der Waals surface area contributed by atoms with Crippen LogP contribution in [-0.2, 0) is 4.79 Å². The molecule has 3 heteroatoms. The van der Waals surface area contributed by atoms with Gasteiger partial charge < -0.3 is 10.2 Å². The highest BCUT2D eigenvalue weighted by Crippen LogP contribution is 2.49. The van der Waals surface area contributed by atoms with Gasteiger partial charge in [0, 0.05) is 32.1 Å². The molecular formula is C14H24N2O. The van der Waals surface area contributed by atoms with Crippen LogP contribution in [0.25, 0.3) is 0 Å². The van der Waals surface area contributed by atoms with Gasteiger partial charge in [-0.2, -0.15) is 0 Å². The first-order chi connectivity index (χ1) is 8.24. The van der Waals surface area contributed by atoms with E-state index in [1.165, 1.54) is 25.7 Å².